The number of pyridine rings is 1. The average Bonchev–Trinajstić information content (AvgIpc) is 2.59. The summed E-state index contributed by atoms with van der Waals surface area (Å²) in [7, 11) is 0. The minimum absolute atomic E-state index is 0.133. The molecule has 0 saturated heterocycles. The van der Waals surface area contributed by atoms with Gasteiger partial charge in [-0.15, -0.1) is 0 Å². The number of carbonyl (C=O) groups excluding carboxylic acids is 1. The second-order valence-corrected chi connectivity index (χ2v) is 7.87. The number of benzene rings is 2. The number of hydrogen-bond donors (Lipinski definition) is 3. The Bertz CT molecular complexity index is 1090. The van der Waals surface area contributed by atoms with Crippen LogP contribution in [0.25, 0.3) is 22.2 Å². The van der Waals surface area contributed by atoms with Crippen LogP contribution in [0.5, 0.6) is 5.75 Å². The fraction of sp³-hybridized carbons (Fsp3) is 0.190. The van der Waals surface area contributed by atoms with Crippen LogP contribution in [0.1, 0.15) is 41.5 Å². The zero-order valence-electron chi connectivity index (χ0n) is 15.6. The Balaban J connectivity index is 2.21. The summed E-state index contributed by atoms with van der Waals surface area (Å²) in [5.74, 6) is -2.11. The molecule has 0 radical (unpaired) electrons. The molecule has 1 heterocycles. The first kappa shape index (κ1) is 19.6. The zero-order chi connectivity index (χ0) is 20.6. The van der Waals surface area contributed by atoms with E-state index in [1.165, 1.54) is 6.07 Å². The highest BCUT2D eigenvalue weighted by Gasteiger charge is 2.23. The van der Waals surface area contributed by atoms with E-state index < -0.39 is 17.3 Å². The number of carboxylic acids is 1. The third kappa shape index (κ3) is 3.92. The maximum Gasteiger partial charge on any atom is 0.340 e. The van der Waals surface area contributed by atoms with Gasteiger partial charge in [0.15, 0.2) is 5.75 Å². The topological polar surface area (TPSA) is 99.5 Å². The van der Waals surface area contributed by atoms with E-state index in [1.54, 1.807) is 36.4 Å². The molecule has 0 aliphatic carbocycles. The van der Waals surface area contributed by atoms with E-state index in [4.69, 9.17) is 11.6 Å². The third-order valence-electron chi connectivity index (χ3n) is 4.04. The molecule has 0 spiro atoms. The molecule has 2 aromatic carbocycles. The highest BCUT2D eigenvalue weighted by Crippen LogP contribution is 2.36. The SMILES string of the molecule is CC(C)(C)NC(=O)c1ccc2nc(-c3ccc(Cl)cc3)c(O)c(C(=O)O)c2c1. The fourth-order valence-electron chi connectivity index (χ4n) is 2.83. The van der Waals surface area contributed by atoms with Crippen molar-refractivity contribution in [2.45, 2.75) is 26.3 Å². The van der Waals surface area contributed by atoms with Crippen molar-refractivity contribution in [1.82, 2.24) is 10.3 Å². The molecule has 1 amide bonds. The Hall–Kier alpha value is -3.12. The largest absolute Gasteiger partial charge is 0.505 e. The van der Waals surface area contributed by atoms with Gasteiger partial charge >= 0.3 is 5.97 Å². The number of carbonyl (C=O) groups is 2. The lowest BCUT2D eigenvalue weighted by Gasteiger charge is -2.20. The molecular weight excluding hydrogens is 380 g/mol. The third-order valence-corrected chi connectivity index (χ3v) is 4.29. The number of amides is 1. The summed E-state index contributed by atoms with van der Waals surface area (Å²) in [6, 6.07) is 11.1. The number of aromatic carboxylic acids is 1. The summed E-state index contributed by atoms with van der Waals surface area (Å²) in [6.07, 6.45) is 0. The van der Waals surface area contributed by atoms with Gasteiger partial charge in [-0.05, 0) is 51.1 Å². The van der Waals surface area contributed by atoms with Gasteiger partial charge in [0.1, 0.15) is 11.3 Å². The van der Waals surface area contributed by atoms with Crippen LogP contribution in [-0.4, -0.2) is 32.6 Å². The van der Waals surface area contributed by atoms with E-state index in [0.717, 1.165) is 0 Å². The molecule has 3 aromatic rings. The Morgan fingerprint density at radius 1 is 1.07 bits per heavy atom. The highest BCUT2D eigenvalue weighted by atomic mass is 35.5. The van der Waals surface area contributed by atoms with Gasteiger partial charge in [-0.3, -0.25) is 4.79 Å². The lowest BCUT2D eigenvalue weighted by molar-refractivity contribution is 0.0695. The van der Waals surface area contributed by atoms with Crippen molar-refractivity contribution in [1.29, 1.82) is 0 Å². The first-order valence-corrected chi connectivity index (χ1v) is 8.93. The lowest BCUT2D eigenvalue weighted by atomic mass is 10.00. The van der Waals surface area contributed by atoms with Crippen molar-refractivity contribution >= 4 is 34.4 Å². The Morgan fingerprint density at radius 3 is 2.29 bits per heavy atom. The standard InChI is InChI=1S/C21H19ClN2O4/c1-21(2,3)24-19(26)12-6-9-15-14(10-12)16(20(27)28)18(25)17(23-15)11-4-7-13(22)8-5-11/h4-10,25H,1-3H3,(H,24,26)(H,27,28). The van der Waals surface area contributed by atoms with Crippen LogP contribution in [0.4, 0.5) is 0 Å². The highest BCUT2D eigenvalue weighted by molar-refractivity contribution is 6.30. The Labute approximate surface area is 166 Å². The molecule has 0 saturated carbocycles. The number of carboxylic acid groups (broad SMARTS) is 1. The van der Waals surface area contributed by atoms with E-state index in [2.05, 4.69) is 10.3 Å². The molecule has 0 aliphatic rings. The quantitative estimate of drug-likeness (QED) is 0.603. The van der Waals surface area contributed by atoms with Gasteiger partial charge in [-0.2, -0.15) is 0 Å². The summed E-state index contributed by atoms with van der Waals surface area (Å²) in [5.41, 5.74) is 0.549. The summed E-state index contributed by atoms with van der Waals surface area (Å²) in [4.78, 5) is 28.7. The Morgan fingerprint density at radius 2 is 1.71 bits per heavy atom. The number of hydrogen-bond acceptors (Lipinski definition) is 4. The van der Waals surface area contributed by atoms with E-state index in [9.17, 15) is 19.8 Å². The number of halogens is 1. The number of rotatable bonds is 3. The summed E-state index contributed by atoms with van der Waals surface area (Å²) in [5, 5.41) is 23.8. The zero-order valence-corrected chi connectivity index (χ0v) is 16.3. The van der Waals surface area contributed by atoms with Crippen molar-refractivity contribution in [3.63, 3.8) is 0 Å². The molecule has 7 heteroatoms. The molecule has 1 aromatic heterocycles. The average molecular weight is 399 g/mol. The van der Waals surface area contributed by atoms with Crippen LogP contribution in [0.15, 0.2) is 42.5 Å². The van der Waals surface area contributed by atoms with Crippen LogP contribution in [0, 0.1) is 0 Å². The number of nitrogens with one attached hydrogen (secondary N) is 1. The molecule has 144 valence electrons. The maximum atomic E-state index is 12.4. The summed E-state index contributed by atoms with van der Waals surface area (Å²) >= 11 is 5.89. The molecule has 3 rings (SSSR count). The fourth-order valence-corrected chi connectivity index (χ4v) is 2.96. The Kier molecular flexibility index (Phi) is 5.00. The second kappa shape index (κ2) is 7.13. The van der Waals surface area contributed by atoms with Crippen LogP contribution < -0.4 is 5.32 Å². The molecule has 6 nitrogen and oxygen atoms in total. The van der Waals surface area contributed by atoms with Crippen molar-refractivity contribution in [3.8, 4) is 17.0 Å². The molecular formula is C21H19ClN2O4. The van der Waals surface area contributed by atoms with Gasteiger partial charge in [0, 0.05) is 27.1 Å². The van der Waals surface area contributed by atoms with Gasteiger partial charge in [-0.1, -0.05) is 23.7 Å². The minimum Gasteiger partial charge on any atom is -0.505 e. The van der Waals surface area contributed by atoms with E-state index >= 15 is 0 Å². The number of fused-ring (bicyclic) bond motifs is 1. The minimum atomic E-state index is -1.31. The van der Waals surface area contributed by atoms with E-state index in [0.29, 0.717) is 16.1 Å². The van der Waals surface area contributed by atoms with Crippen LogP contribution in [0.2, 0.25) is 5.02 Å². The molecule has 0 atom stereocenters. The van der Waals surface area contributed by atoms with E-state index in [-0.39, 0.29) is 28.1 Å². The van der Waals surface area contributed by atoms with Gasteiger partial charge in [-0.25, -0.2) is 9.78 Å². The molecule has 28 heavy (non-hydrogen) atoms. The maximum absolute atomic E-state index is 12.4. The predicted molar refractivity (Wildman–Crippen MR) is 108 cm³/mol. The molecule has 0 fully saturated rings. The van der Waals surface area contributed by atoms with Crippen LogP contribution >= 0.6 is 11.6 Å². The smallest absolute Gasteiger partial charge is 0.340 e. The van der Waals surface area contributed by atoms with Gasteiger partial charge in [0.2, 0.25) is 0 Å². The van der Waals surface area contributed by atoms with Gasteiger partial charge < -0.3 is 15.5 Å². The van der Waals surface area contributed by atoms with Gasteiger partial charge in [0.25, 0.3) is 5.91 Å². The van der Waals surface area contributed by atoms with Crippen molar-refractivity contribution in [3.05, 3.63) is 58.6 Å². The first-order valence-electron chi connectivity index (χ1n) is 8.55. The van der Waals surface area contributed by atoms with Crippen LogP contribution in [-0.2, 0) is 0 Å². The van der Waals surface area contributed by atoms with Gasteiger partial charge in [0.05, 0.1) is 5.52 Å². The number of nitrogens with zero attached hydrogens (tertiary/aromatic N) is 1. The summed E-state index contributed by atoms with van der Waals surface area (Å²) in [6.45, 7) is 5.54. The molecule has 3 N–H and O–H groups in total. The molecule has 0 unspecified atom stereocenters. The lowest BCUT2D eigenvalue weighted by Crippen LogP contribution is -2.40. The van der Waals surface area contributed by atoms with Crippen molar-refractivity contribution in [2.24, 2.45) is 0 Å². The first-order chi connectivity index (χ1) is 13.1. The molecule has 0 bridgehead atoms. The molecule has 0 aliphatic heterocycles. The predicted octanol–water partition coefficient (Wildman–Crippen LogP) is 4.49. The van der Waals surface area contributed by atoms with Crippen LogP contribution in [0.3, 0.4) is 0 Å². The number of aromatic nitrogens is 1. The monoisotopic (exact) mass is 398 g/mol. The van der Waals surface area contributed by atoms with Crippen molar-refractivity contribution in [2.75, 3.05) is 0 Å². The van der Waals surface area contributed by atoms with Crippen molar-refractivity contribution < 1.29 is 19.8 Å². The van der Waals surface area contributed by atoms with E-state index in [1.807, 2.05) is 20.8 Å². The number of aromatic hydroxyl groups is 1. The normalized spacial score (nSPS) is 11.4. The second-order valence-electron chi connectivity index (χ2n) is 7.43. The summed E-state index contributed by atoms with van der Waals surface area (Å²) < 4.78 is 0.